The lowest BCUT2D eigenvalue weighted by Crippen LogP contribution is -2.39. The van der Waals surface area contributed by atoms with E-state index in [1.165, 1.54) is 11.3 Å². The van der Waals surface area contributed by atoms with Crippen LogP contribution in [-0.4, -0.2) is 51.2 Å². The Hall–Kier alpha value is -2.83. The molecule has 0 aliphatic carbocycles. The summed E-state index contributed by atoms with van der Waals surface area (Å²) >= 11 is 0. The molecule has 1 fully saturated rings. The van der Waals surface area contributed by atoms with Crippen molar-refractivity contribution >= 4 is 17.6 Å². The number of nitrogens with one attached hydrogen (secondary N) is 1. The van der Waals surface area contributed by atoms with Crippen LogP contribution in [0.3, 0.4) is 0 Å². The number of rotatable bonds is 4. The number of likely N-dealkylation sites (tertiary alicyclic amines) is 1. The summed E-state index contributed by atoms with van der Waals surface area (Å²) in [5.74, 6) is 0.215. The number of anilines is 1. The van der Waals surface area contributed by atoms with Crippen LogP contribution >= 0.6 is 0 Å². The number of benzene rings is 1. The summed E-state index contributed by atoms with van der Waals surface area (Å²) in [5.41, 5.74) is 6.31. The molecule has 160 valence electrons. The SMILES string of the molecule is Cc1ccc(NC(=O)N2CCc3c(c(CCC(=O)N4CCCC4)nn3C)C2)c(C)c1. The van der Waals surface area contributed by atoms with Gasteiger partial charge in [-0.25, -0.2) is 4.79 Å². The van der Waals surface area contributed by atoms with Crippen LogP contribution in [0.4, 0.5) is 10.5 Å². The van der Waals surface area contributed by atoms with E-state index in [9.17, 15) is 9.59 Å². The maximum Gasteiger partial charge on any atom is 0.322 e. The normalized spacial score (nSPS) is 16.0. The van der Waals surface area contributed by atoms with E-state index in [0.717, 1.165) is 54.9 Å². The molecule has 0 bridgehead atoms. The summed E-state index contributed by atoms with van der Waals surface area (Å²) in [6.07, 6.45) is 4.10. The number of urea groups is 1. The van der Waals surface area contributed by atoms with E-state index >= 15 is 0 Å². The van der Waals surface area contributed by atoms with E-state index in [4.69, 9.17) is 0 Å². The van der Waals surface area contributed by atoms with Crippen molar-refractivity contribution in [2.45, 2.75) is 52.5 Å². The molecule has 7 nitrogen and oxygen atoms in total. The van der Waals surface area contributed by atoms with Gasteiger partial charge in [0.15, 0.2) is 0 Å². The smallest absolute Gasteiger partial charge is 0.322 e. The highest BCUT2D eigenvalue weighted by Crippen LogP contribution is 2.25. The summed E-state index contributed by atoms with van der Waals surface area (Å²) < 4.78 is 1.92. The molecule has 1 aromatic heterocycles. The number of amides is 3. The number of fused-ring (bicyclic) bond motifs is 1. The Kier molecular flexibility index (Phi) is 5.79. The predicted molar refractivity (Wildman–Crippen MR) is 116 cm³/mol. The molecule has 3 amide bonds. The van der Waals surface area contributed by atoms with Gasteiger partial charge in [0.1, 0.15) is 0 Å². The number of hydrogen-bond donors (Lipinski definition) is 1. The van der Waals surface area contributed by atoms with Gasteiger partial charge in [-0.05, 0) is 38.3 Å². The van der Waals surface area contributed by atoms with Crippen molar-refractivity contribution in [3.63, 3.8) is 0 Å². The predicted octanol–water partition coefficient (Wildman–Crippen LogP) is 3.18. The van der Waals surface area contributed by atoms with Gasteiger partial charge in [0, 0.05) is 62.9 Å². The zero-order chi connectivity index (χ0) is 21.3. The third-order valence-electron chi connectivity index (χ3n) is 6.27. The molecule has 0 radical (unpaired) electrons. The van der Waals surface area contributed by atoms with Gasteiger partial charge in [-0.2, -0.15) is 5.10 Å². The second kappa shape index (κ2) is 8.50. The molecule has 0 unspecified atom stereocenters. The highest BCUT2D eigenvalue weighted by Gasteiger charge is 2.27. The first-order valence-electron chi connectivity index (χ1n) is 10.9. The van der Waals surface area contributed by atoms with E-state index in [2.05, 4.69) is 16.5 Å². The molecule has 3 heterocycles. The minimum atomic E-state index is -0.0875. The fourth-order valence-electron chi connectivity index (χ4n) is 4.54. The van der Waals surface area contributed by atoms with Gasteiger partial charge >= 0.3 is 6.03 Å². The maximum absolute atomic E-state index is 12.9. The average molecular weight is 410 g/mol. The Morgan fingerprint density at radius 1 is 1.10 bits per heavy atom. The first-order valence-corrected chi connectivity index (χ1v) is 10.9. The second-order valence-corrected chi connectivity index (χ2v) is 8.50. The zero-order valence-electron chi connectivity index (χ0n) is 18.2. The van der Waals surface area contributed by atoms with E-state index < -0.39 is 0 Å². The van der Waals surface area contributed by atoms with Crippen LogP contribution in [0.25, 0.3) is 0 Å². The van der Waals surface area contributed by atoms with Crippen LogP contribution in [0.2, 0.25) is 0 Å². The van der Waals surface area contributed by atoms with Crippen LogP contribution in [0.15, 0.2) is 18.2 Å². The van der Waals surface area contributed by atoms with Crippen LogP contribution in [0.5, 0.6) is 0 Å². The molecule has 1 saturated heterocycles. The van der Waals surface area contributed by atoms with Crippen molar-refractivity contribution in [1.82, 2.24) is 19.6 Å². The van der Waals surface area contributed by atoms with Crippen molar-refractivity contribution in [3.05, 3.63) is 46.3 Å². The molecule has 0 spiro atoms. The highest BCUT2D eigenvalue weighted by molar-refractivity contribution is 5.90. The Bertz CT molecular complexity index is 959. The highest BCUT2D eigenvalue weighted by atomic mass is 16.2. The molecule has 2 aromatic rings. The molecule has 0 atom stereocenters. The Morgan fingerprint density at radius 2 is 1.87 bits per heavy atom. The van der Waals surface area contributed by atoms with Crippen molar-refractivity contribution in [1.29, 1.82) is 0 Å². The zero-order valence-corrected chi connectivity index (χ0v) is 18.2. The van der Waals surface area contributed by atoms with Crippen LogP contribution in [-0.2, 0) is 31.2 Å². The fourth-order valence-corrected chi connectivity index (χ4v) is 4.54. The van der Waals surface area contributed by atoms with Gasteiger partial charge < -0.3 is 15.1 Å². The summed E-state index contributed by atoms with van der Waals surface area (Å²) in [7, 11) is 1.95. The number of nitrogens with zero attached hydrogens (tertiary/aromatic N) is 4. The number of carbonyl (C=O) groups is 2. The minimum Gasteiger partial charge on any atom is -0.343 e. The summed E-state index contributed by atoms with van der Waals surface area (Å²) in [6, 6.07) is 5.95. The van der Waals surface area contributed by atoms with Crippen molar-refractivity contribution in [2.75, 3.05) is 25.0 Å². The summed E-state index contributed by atoms with van der Waals surface area (Å²) in [5, 5.41) is 7.73. The fraction of sp³-hybridized carbons (Fsp3) is 0.522. The first-order chi connectivity index (χ1) is 14.4. The number of aryl methyl sites for hydroxylation is 4. The third kappa shape index (κ3) is 4.20. The Labute approximate surface area is 178 Å². The van der Waals surface area contributed by atoms with E-state index in [-0.39, 0.29) is 11.9 Å². The Balaban J connectivity index is 1.43. The average Bonchev–Trinajstić information content (AvgIpc) is 3.37. The number of aromatic nitrogens is 2. The number of hydrogen-bond acceptors (Lipinski definition) is 3. The minimum absolute atomic E-state index is 0.0875. The van der Waals surface area contributed by atoms with Gasteiger partial charge in [-0.1, -0.05) is 17.7 Å². The molecule has 2 aliphatic heterocycles. The van der Waals surface area contributed by atoms with Crippen LogP contribution < -0.4 is 5.32 Å². The molecular weight excluding hydrogens is 378 g/mol. The standard InChI is InChI=1S/C23H31N5O2/c1-16-6-7-19(17(2)14-16)24-23(30)28-13-10-21-18(15-28)20(25-26(21)3)8-9-22(29)27-11-4-5-12-27/h6-7,14H,4-5,8-13,15H2,1-3H3,(H,24,30). The van der Waals surface area contributed by atoms with Crippen LogP contribution in [0.1, 0.15) is 47.3 Å². The largest absolute Gasteiger partial charge is 0.343 e. The molecule has 2 aliphatic rings. The molecular formula is C23H31N5O2. The van der Waals surface area contributed by atoms with Crippen molar-refractivity contribution < 1.29 is 9.59 Å². The quantitative estimate of drug-likeness (QED) is 0.843. The molecule has 7 heteroatoms. The van der Waals surface area contributed by atoms with E-state index in [1.54, 1.807) is 0 Å². The topological polar surface area (TPSA) is 70.5 Å². The van der Waals surface area contributed by atoms with Crippen molar-refractivity contribution in [3.8, 4) is 0 Å². The molecule has 4 rings (SSSR count). The van der Waals surface area contributed by atoms with Gasteiger partial charge in [0.2, 0.25) is 5.91 Å². The number of carbonyl (C=O) groups excluding carboxylic acids is 2. The van der Waals surface area contributed by atoms with Gasteiger partial charge in [-0.3, -0.25) is 9.48 Å². The lowest BCUT2D eigenvalue weighted by Gasteiger charge is -2.28. The van der Waals surface area contributed by atoms with Crippen LogP contribution in [0, 0.1) is 13.8 Å². The first kappa shape index (κ1) is 20.4. The Morgan fingerprint density at radius 3 is 2.60 bits per heavy atom. The van der Waals surface area contributed by atoms with E-state index in [0.29, 0.717) is 25.9 Å². The molecule has 30 heavy (non-hydrogen) atoms. The van der Waals surface area contributed by atoms with Crippen molar-refractivity contribution in [2.24, 2.45) is 7.05 Å². The summed E-state index contributed by atoms with van der Waals surface area (Å²) in [4.78, 5) is 29.1. The van der Waals surface area contributed by atoms with Gasteiger partial charge in [0.05, 0.1) is 12.2 Å². The van der Waals surface area contributed by atoms with Gasteiger partial charge in [-0.15, -0.1) is 0 Å². The third-order valence-corrected chi connectivity index (χ3v) is 6.27. The molecule has 1 aromatic carbocycles. The lowest BCUT2D eigenvalue weighted by atomic mass is 10.0. The second-order valence-electron chi connectivity index (χ2n) is 8.50. The maximum atomic E-state index is 12.9. The molecule has 1 N–H and O–H groups in total. The monoisotopic (exact) mass is 409 g/mol. The van der Waals surface area contributed by atoms with Gasteiger partial charge in [0.25, 0.3) is 0 Å². The summed E-state index contributed by atoms with van der Waals surface area (Å²) in [6.45, 7) is 7.01. The van der Waals surface area contributed by atoms with E-state index in [1.807, 2.05) is 47.5 Å². The lowest BCUT2D eigenvalue weighted by molar-refractivity contribution is -0.130. The molecule has 0 saturated carbocycles.